The molecule has 0 amide bonds. The summed E-state index contributed by atoms with van der Waals surface area (Å²) < 4.78 is 38.4. The minimum Gasteiger partial charge on any atom is -0.611 e. The van der Waals surface area contributed by atoms with E-state index in [-0.39, 0.29) is 11.2 Å². The molecule has 196 valence electrons. The Morgan fingerprint density at radius 2 is 1.81 bits per heavy atom. The van der Waals surface area contributed by atoms with Crippen LogP contribution in [0.5, 0.6) is 11.5 Å². The first-order chi connectivity index (χ1) is 17.9. The van der Waals surface area contributed by atoms with Crippen LogP contribution in [0, 0.1) is 0 Å². The summed E-state index contributed by atoms with van der Waals surface area (Å²) in [5, 5.41) is 0.767. The number of nitrogens with one attached hydrogen (secondary N) is 1. The zero-order chi connectivity index (χ0) is 26.4. The number of alkyl halides is 1. The van der Waals surface area contributed by atoms with Gasteiger partial charge in [-0.3, -0.25) is 4.79 Å². The molecule has 37 heavy (non-hydrogen) atoms. The summed E-state index contributed by atoms with van der Waals surface area (Å²) in [5.74, 6) is 2.20. The van der Waals surface area contributed by atoms with E-state index in [9.17, 15) is 13.9 Å². The maximum absolute atomic E-state index is 13.8. The Balaban J connectivity index is 1.70. The second-order valence-electron chi connectivity index (χ2n) is 8.51. The molecule has 2 unspecified atom stereocenters. The first-order valence-electron chi connectivity index (χ1n) is 12.1. The maximum Gasteiger partial charge on any atom is 0.492 e. The van der Waals surface area contributed by atoms with Crippen LogP contribution in [0.15, 0.2) is 70.4 Å². The smallest absolute Gasteiger partial charge is 0.492 e. The van der Waals surface area contributed by atoms with Crippen molar-refractivity contribution in [2.24, 2.45) is 0 Å². The molecule has 0 fully saturated rings. The largest absolute Gasteiger partial charge is 0.611 e. The summed E-state index contributed by atoms with van der Waals surface area (Å²) in [4.78, 5) is 16.8. The van der Waals surface area contributed by atoms with Gasteiger partial charge in [0.15, 0.2) is 16.1 Å². The summed E-state index contributed by atoms with van der Waals surface area (Å²) in [5.41, 5.74) is 2.28. The predicted octanol–water partition coefficient (Wildman–Crippen LogP) is 7.99. The zero-order valence-electron chi connectivity index (χ0n) is 20.7. The molecule has 4 rings (SSSR count). The number of hydrogen-bond acceptors (Lipinski definition) is 6. The molecule has 1 aliphatic heterocycles. The van der Waals surface area contributed by atoms with Crippen molar-refractivity contribution in [3.05, 3.63) is 76.5 Å². The van der Waals surface area contributed by atoms with Gasteiger partial charge in [-0.1, -0.05) is 32.4 Å². The zero-order valence-corrected chi connectivity index (χ0v) is 24.0. The molecule has 0 bridgehead atoms. The molecule has 10 heteroatoms. The predicted molar refractivity (Wildman–Crippen MR) is 155 cm³/mol. The fourth-order valence-electron chi connectivity index (χ4n) is 3.69. The van der Waals surface area contributed by atoms with Gasteiger partial charge in [0.25, 0.3) is 0 Å². The lowest BCUT2D eigenvalue weighted by Gasteiger charge is -2.21. The number of aromatic amines is 1. The van der Waals surface area contributed by atoms with Crippen molar-refractivity contribution >= 4 is 51.9 Å². The molecule has 2 aromatic carbocycles. The van der Waals surface area contributed by atoms with E-state index in [1.165, 1.54) is 12.1 Å². The maximum atomic E-state index is 13.8. The van der Waals surface area contributed by atoms with Crippen LogP contribution in [0.25, 0.3) is 22.2 Å². The SMILES string of the molecule is CCCC[S+]([O-])c1ccc2[nH]c3c(OP(=O)(Oc4ccc(CCl)cc4)SCCC)ccc(=O)c-3cc2c1. The third kappa shape index (κ3) is 6.87. The summed E-state index contributed by atoms with van der Waals surface area (Å²) in [6.45, 7) is 0.356. The molecule has 2 aromatic rings. The number of H-pyrrole nitrogens is 1. The van der Waals surface area contributed by atoms with Crippen LogP contribution in [0.1, 0.15) is 38.7 Å². The van der Waals surface area contributed by atoms with Crippen LogP contribution < -0.4 is 14.5 Å². The van der Waals surface area contributed by atoms with Crippen molar-refractivity contribution in [2.45, 2.75) is 43.9 Å². The number of hydrogen-bond donors (Lipinski definition) is 1. The molecule has 0 aromatic heterocycles. The number of rotatable bonds is 12. The van der Waals surface area contributed by atoms with Gasteiger partial charge in [-0.05, 0) is 83.4 Å². The second kappa shape index (κ2) is 12.6. The second-order valence-corrected chi connectivity index (χ2v) is 14.4. The standard InChI is InChI=1S/C27H29ClNO5PS2/c1-3-5-15-37(32)22-10-11-24-20(16-22)17-23-25(30)12-13-26(27(23)29-24)34-35(31,36-14-4-2)33-21-8-6-19(18-28)7-9-21/h6-13,16-17,29H,3-5,14-15,18H2,1-2H3. The topological polar surface area (TPSA) is 91.5 Å². The first-order valence-corrected chi connectivity index (χ1v) is 17.1. The van der Waals surface area contributed by atoms with Crippen LogP contribution in [0.2, 0.25) is 0 Å². The number of unbranched alkanes of at least 4 members (excludes halogenated alkanes) is 1. The van der Waals surface area contributed by atoms with E-state index in [1.807, 2.05) is 37.3 Å². The molecule has 1 heterocycles. The van der Waals surface area contributed by atoms with Gasteiger partial charge in [-0.15, -0.1) is 11.6 Å². The molecule has 1 aliphatic carbocycles. The minimum absolute atomic E-state index is 0.202. The van der Waals surface area contributed by atoms with Crippen LogP contribution in [0.3, 0.4) is 0 Å². The highest BCUT2D eigenvalue weighted by atomic mass is 35.5. The summed E-state index contributed by atoms with van der Waals surface area (Å²) in [6, 6.07) is 17.2. The van der Waals surface area contributed by atoms with E-state index in [0.717, 1.165) is 52.0 Å². The van der Waals surface area contributed by atoms with E-state index >= 15 is 0 Å². The van der Waals surface area contributed by atoms with E-state index < -0.39 is 18.0 Å². The highest BCUT2D eigenvalue weighted by Crippen LogP contribution is 2.60. The lowest BCUT2D eigenvalue weighted by Crippen LogP contribution is -2.09. The first kappa shape index (κ1) is 27.9. The molecule has 0 saturated heterocycles. The summed E-state index contributed by atoms with van der Waals surface area (Å²) in [6.07, 6.45) is 2.64. The molecule has 6 nitrogen and oxygen atoms in total. The fourth-order valence-corrected chi connectivity index (χ4v) is 8.49. The number of pyridine rings is 1. The van der Waals surface area contributed by atoms with Gasteiger partial charge in [0, 0.05) is 34.2 Å². The van der Waals surface area contributed by atoms with Gasteiger partial charge in [0.1, 0.15) is 11.5 Å². The fraction of sp³-hybridized carbons (Fsp3) is 0.296. The van der Waals surface area contributed by atoms with Gasteiger partial charge in [-0.2, -0.15) is 0 Å². The number of fused-ring (bicyclic) bond motifs is 2. The van der Waals surface area contributed by atoms with E-state index in [0.29, 0.717) is 34.4 Å². The van der Waals surface area contributed by atoms with Crippen LogP contribution in [0.4, 0.5) is 0 Å². The van der Waals surface area contributed by atoms with E-state index in [4.69, 9.17) is 20.6 Å². The Labute approximate surface area is 228 Å². The third-order valence-corrected chi connectivity index (χ3v) is 11.1. The Hall–Kier alpha value is -2.09. The molecule has 1 N–H and O–H groups in total. The van der Waals surface area contributed by atoms with Crippen LogP contribution in [-0.2, 0) is 21.6 Å². The molecule has 2 atom stereocenters. The lowest BCUT2D eigenvalue weighted by molar-refractivity contribution is 0.408. The average Bonchev–Trinajstić information content (AvgIpc) is 2.91. The van der Waals surface area contributed by atoms with Crippen molar-refractivity contribution in [2.75, 3.05) is 11.5 Å². The third-order valence-electron chi connectivity index (χ3n) is 5.65. The number of halogens is 1. The highest BCUT2D eigenvalue weighted by molar-refractivity contribution is 8.55. The van der Waals surface area contributed by atoms with E-state index in [1.54, 1.807) is 18.2 Å². The van der Waals surface area contributed by atoms with Crippen molar-refractivity contribution in [1.82, 2.24) is 4.98 Å². The van der Waals surface area contributed by atoms with Crippen molar-refractivity contribution in [1.29, 1.82) is 0 Å². The molecule has 2 aliphatic rings. The van der Waals surface area contributed by atoms with Gasteiger partial charge in [0.2, 0.25) is 0 Å². The van der Waals surface area contributed by atoms with Gasteiger partial charge in [-0.25, -0.2) is 4.57 Å². The van der Waals surface area contributed by atoms with Crippen molar-refractivity contribution < 1.29 is 18.2 Å². The van der Waals surface area contributed by atoms with E-state index in [2.05, 4.69) is 11.9 Å². The molecule has 0 radical (unpaired) electrons. The van der Waals surface area contributed by atoms with Crippen molar-refractivity contribution in [3.63, 3.8) is 0 Å². The molecular formula is C27H29ClNO5PS2. The van der Waals surface area contributed by atoms with Crippen LogP contribution in [-0.4, -0.2) is 21.0 Å². The Kier molecular flexibility index (Phi) is 9.54. The van der Waals surface area contributed by atoms with Gasteiger partial charge in [0.05, 0.1) is 5.69 Å². The summed E-state index contributed by atoms with van der Waals surface area (Å²) >= 11 is 5.88. The number of aromatic nitrogens is 1. The number of benzene rings is 3. The minimum atomic E-state index is -3.69. The van der Waals surface area contributed by atoms with Gasteiger partial charge >= 0.3 is 6.80 Å². The average molecular weight is 578 g/mol. The Bertz CT molecular complexity index is 1430. The molecular weight excluding hydrogens is 549 g/mol. The molecule has 0 spiro atoms. The monoisotopic (exact) mass is 577 g/mol. The molecule has 0 saturated carbocycles. The Morgan fingerprint density at radius 3 is 2.51 bits per heavy atom. The highest BCUT2D eigenvalue weighted by Gasteiger charge is 2.31. The lowest BCUT2D eigenvalue weighted by atomic mass is 10.0. The normalized spacial score (nSPS) is 13.9. The quantitative estimate of drug-likeness (QED) is 0.0794. The summed E-state index contributed by atoms with van der Waals surface area (Å²) in [7, 11) is 0. The van der Waals surface area contributed by atoms with Crippen molar-refractivity contribution in [3.8, 4) is 22.8 Å². The van der Waals surface area contributed by atoms with Gasteiger partial charge < -0.3 is 18.6 Å². The van der Waals surface area contributed by atoms with Crippen LogP contribution >= 0.6 is 29.8 Å². The Morgan fingerprint density at radius 1 is 1.03 bits per heavy atom.